The normalized spacial score (nSPS) is 13.8. The molecule has 0 saturated carbocycles. The number of esters is 1. The molecule has 4 atom stereocenters. The number of rotatable bonds is 19. The monoisotopic (exact) mass is 653 g/mol. The van der Waals surface area contributed by atoms with E-state index in [1.165, 1.54) is 24.3 Å². The zero-order valence-corrected chi connectivity index (χ0v) is 26.6. The number of nitrogens with zero attached hydrogens (tertiary/aromatic N) is 1. The maximum atomic E-state index is 13.9. The van der Waals surface area contributed by atoms with Crippen LogP contribution in [-0.2, 0) is 30.3 Å². The Morgan fingerprint density at radius 3 is 2.14 bits per heavy atom. The Labute approximate surface area is 268 Å². The molecule has 0 aromatic heterocycles. The van der Waals surface area contributed by atoms with Gasteiger partial charge in [0.1, 0.15) is 17.9 Å². The number of amides is 3. The average molecular weight is 655 g/mol. The van der Waals surface area contributed by atoms with Gasteiger partial charge in [0.05, 0.1) is 25.2 Å². The van der Waals surface area contributed by atoms with Crippen molar-refractivity contribution in [1.29, 1.82) is 0 Å². The first-order valence-electron chi connectivity index (χ1n) is 14.6. The summed E-state index contributed by atoms with van der Waals surface area (Å²) in [4.78, 5) is 54.4. The number of nitrogens with one attached hydrogen (secondary N) is 3. The predicted octanol–water partition coefficient (Wildman–Crippen LogP) is 2.67. The van der Waals surface area contributed by atoms with Crippen LogP contribution in [0.1, 0.15) is 43.9 Å². The van der Waals surface area contributed by atoms with Gasteiger partial charge in [-0.05, 0) is 43.0 Å². The number of benzene rings is 2. The summed E-state index contributed by atoms with van der Waals surface area (Å²) in [6, 6.07) is 10.8. The lowest BCUT2D eigenvalue weighted by molar-refractivity contribution is -0.148. The second kappa shape index (κ2) is 19.9. The van der Waals surface area contributed by atoms with E-state index in [4.69, 9.17) is 33.7 Å². The Kier molecular flexibility index (Phi) is 16.7. The summed E-state index contributed by atoms with van der Waals surface area (Å²) in [5, 5.41) is 8.01. The Balaban J connectivity index is 2.32. The molecule has 44 heavy (non-hydrogen) atoms. The van der Waals surface area contributed by atoms with Crippen LogP contribution in [0.3, 0.4) is 0 Å². The fraction of sp³-hybridized carbons (Fsp3) is 0.484. The van der Waals surface area contributed by atoms with Crippen molar-refractivity contribution < 1.29 is 28.3 Å². The molecule has 2 rings (SSSR count). The molecular formula is C31H42Cl2FN5O5. The summed E-state index contributed by atoms with van der Waals surface area (Å²) in [6.07, 6.45) is 1.06. The lowest BCUT2D eigenvalue weighted by Crippen LogP contribution is -2.58. The molecule has 13 heteroatoms. The molecule has 10 nitrogen and oxygen atoms in total. The van der Waals surface area contributed by atoms with Crippen LogP contribution >= 0.6 is 23.2 Å². The van der Waals surface area contributed by atoms with Crippen molar-refractivity contribution in [2.45, 2.75) is 57.3 Å². The van der Waals surface area contributed by atoms with Gasteiger partial charge in [0.25, 0.3) is 0 Å². The molecule has 242 valence electrons. The van der Waals surface area contributed by atoms with Gasteiger partial charge in [0.15, 0.2) is 0 Å². The zero-order chi connectivity index (χ0) is 32.5. The van der Waals surface area contributed by atoms with Crippen LogP contribution in [0.15, 0.2) is 54.6 Å². The van der Waals surface area contributed by atoms with E-state index in [9.17, 15) is 23.6 Å². The van der Waals surface area contributed by atoms with Crippen molar-refractivity contribution in [2.75, 3.05) is 38.0 Å². The van der Waals surface area contributed by atoms with Gasteiger partial charge in [-0.3, -0.25) is 19.3 Å². The summed E-state index contributed by atoms with van der Waals surface area (Å²) >= 11 is 12.2. The third kappa shape index (κ3) is 12.0. The summed E-state index contributed by atoms with van der Waals surface area (Å²) < 4.78 is 18.4. The third-order valence-electron chi connectivity index (χ3n) is 6.79. The number of hydrogen-bond donors (Lipinski definition) is 4. The molecule has 0 aliphatic heterocycles. The number of carbonyl (C=O) groups excluding carboxylic acids is 4. The van der Waals surface area contributed by atoms with Crippen molar-refractivity contribution in [3.8, 4) is 0 Å². The maximum absolute atomic E-state index is 13.9. The highest BCUT2D eigenvalue weighted by Gasteiger charge is 2.37. The quantitative estimate of drug-likeness (QED) is 0.135. The first-order chi connectivity index (χ1) is 21.1. The van der Waals surface area contributed by atoms with Gasteiger partial charge >= 0.3 is 5.97 Å². The van der Waals surface area contributed by atoms with Crippen LogP contribution in [0.5, 0.6) is 0 Å². The third-order valence-corrected chi connectivity index (χ3v) is 7.12. The molecule has 2 aromatic rings. The number of carbonyl (C=O) groups is 4. The molecule has 3 amide bonds. The number of nitrogens with two attached hydrogens (primary N) is 1. The maximum Gasteiger partial charge on any atom is 0.328 e. The number of alkyl halides is 2. The highest BCUT2D eigenvalue weighted by atomic mass is 35.5. The van der Waals surface area contributed by atoms with Crippen molar-refractivity contribution in [3.05, 3.63) is 71.5 Å². The van der Waals surface area contributed by atoms with Crippen LogP contribution in [-0.4, -0.2) is 84.7 Å². The van der Waals surface area contributed by atoms with Crippen molar-refractivity contribution in [3.63, 3.8) is 0 Å². The van der Waals surface area contributed by atoms with E-state index in [0.29, 0.717) is 37.1 Å². The average Bonchev–Trinajstić information content (AvgIpc) is 3.01. The van der Waals surface area contributed by atoms with Gasteiger partial charge in [0, 0.05) is 24.8 Å². The molecule has 0 heterocycles. The van der Waals surface area contributed by atoms with E-state index in [0.717, 1.165) is 0 Å². The van der Waals surface area contributed by atoms with Crippen molar-refractivity contribution >= 4 is 46.9 Å². The van der Waals surface area contributed by atoms with E-state index < -0.39 is 60.2 Å². The Hall–Kier alpha value is -3.25. The molecule has 0 fully saturated rings. The van der Waals surface area contributed by atoms with Crippen LogP contribution in [0.4, 0.5) is 4.39 Å². The lowest BCUT2D eigenvalue weighted by Gasteiger charge is -2.37. The van der Waals surface area contributed by atoms with Crippen molar-refractivity contribution in [2.24, 2.45) is 5.73 Å². The van der Waals surface area contributed by atoms with Crippen LogP contribution in [0.2, 0.25) is 0 Å². The first-order valence-corrected chi connectivity index (χ1v) is 15.7. The zero-order valence-electron chi connectivity index (χ0n) is 25.1. The molecule has 0 radical (unpaired) electrons. The summed E-state index contributed by atoms with van der Waals surface area (Å²) in [5.74, 6) is -2.40. The highest BCUT2D eigenvalue weighted by Crippen LogP contribution is 2.25. The van der Waals surface area contributed by atoms with Crippen molar-refractivity contribution in [1.82, 2.24) is 20.9 Å². The smallest absolute Gasteiger partial charge is 0.328 e. The molecule has 0 spiro atoms. The number of halogens is 3. The Morgan fingerprint density at radius 2 is 1.57 bits per heavy atom. The molecule has 0 bridgehead atoms. The van der Waals surface area contributed by atoms with E-state index in [-0.39, 0.29) is 24.8 Å². The highest BCUT2D eigenvalue weighted by molar-refractivity contribution is 6.18. The van der Waals surface area contributed by atoms with Gasteiger partial charge < -0.3 is 26.4 Å². The van der Waals surface area contributed by atoms with E-state index in [2.05, 4.69) is 16.0 Å². The predicted molar refractivity (Wildman–Crippen MR) is 169 cm³/mol. The second-order valence-corrected chi connectivity index (χ2v) is 10.8. The fourth-order valence-corrected chi connectivity index (χ4v) is 5.13. The topological polar surface area (TPSA) is 143 Å². The Morgan fingerprint density at radius 1 is 0.932 bits per heavy atom. The molecule has 2 aromatic carbocycles. The van der Waals surface area contributed by atoms with E-state index in [1.54, 1.807) is 19.1 Å². The van der Waals surface area contributed by atoms with Gasteiger partial charge in [0.2, 0.25) is 17.7 Å². The molecule has 0 aliphatic carbocycles. The minimum absolute atomic E-state index is 0.132. The summed E-state index contributed by atoms with van der Waals surface area (Å²) in [7, 11) is 0. The number of hydrogen-bond acceptors (Lipinski definition) is 7. The molecule has 1 unspecified atom stereocenters. The second-order valence-electron chi connectivity index (χ2n) is 10.1. The van der Waals surface area contributed by atoms with E-state index >= 15 is 0 Å². The van der Waals surface area contributed by atoms with Gasteiger partial charge in [-0.15, -0.1) is 23.2 Å². The summed E-state index contributed by atoms with van der Waals surface area (Å²) in [6.45, 7) is 3.91. The minimum Gasteiger partial charge on any atom is -0.464 e. The molecule has 0 aliphatic rings. The minimum atomic E-state index is -1.21. The van der Waals surface area contributed by atoms with Gasteiger partial charge in [-0.1, -0.05) is 55.8 Å². The van der Waals surface area contributed by atoms with Crippen LogP contribution in [0.25, 0.3) is 0 Å². The molecule has 0 saturated heterocycles. The fourth-order valence-electron chi connectivity index (χ4n) is 4.69. The van der Waals surface area contributed by atoms with E-state index in [1.807, 2.05) is 30.0 Å². The van der Waals surface area contributed by atoms with Gasteiger partial charge in [-0.25, -0.2) is 9.18 Å². The van der Waals surface area contributed by atoms with Gasteiger partial charge in [-0.2, -0.15) is 0 Å². The summed E-state index contributed by atoms with van der Waals surface area (Å²) in [5.41, 5.74) is 7.37. The first kappa shape index (κ1) is 36.9. The molecular weight excluding hydrogens is 612 g/mol. The molecule has 5 N–H and O–H groups in total. The number of ether oxygens (including phenoxy) is 1. The standard InChI is InChI=1S/C31H42Cl2FN5O5/c1-3-8-25(31(43)44-4-2)37-30(42)27(28(22-9-6-5-7-10-22)39(17-15-32)18-16-33)38-26(40)20-36-29(41)24(35)19-21-11-13-23(34)14-12-21/h5-7,9-14,24-25,27-28H,3-4,8,15-20,35H2,1-2H3,(H,36,41)(H,37,42)(H,38,40)/t24-,25-,27-,28?/m0/s1. The SMILES string of the molecule is CCC[C@H](NC(=O)[C@@H](NC(=O)CNC(=O)[C@@H](N)Cc1ccc(F)cc1)C(c1ccccc1)N(CCCl)CCCl)C(=O)OCC. The van der Waals surface area contributed by atoms with Crippen LogP contribution < -0.4 is 21.7 Å². The Bertz CT molecular complexity index is 1190. The van der Waals surface area contributed by atoms with Crippen LogP contribution in [0, 0.1) is 5.82 Å². The lowest BCUT2D eigenvalue weighted by atomic mass is 9.95. The largest absolute Gasteiger partial charge is 0.464 e.